The maximum atomic E-state index is 9.75. The molecule has 0 rings (SSSR count). The lowest BCUT2D eigenvalue weighted by atomic mass is 10.6. The number of carboxylic acid groups (broad SMARTS) is 2. The largest absolute Gasteiger partial charge is 0.942 e. The van der Waals surface area contributed by atoms with Crippen molar-refractivity contribution < 1.29 is 29.3 Å². The molecule has 0 radical (unpaired) electrons. The molecule has 0 fully saturated rings. The minimum atomic E-state index is -1.35. The summed E-state index contributed by atoms with van der Waals surface area (Å²) in [5.74, 6) is -3.33. The van der Waals surface area contributed by atoms with E-state index in [-0.39, 0.29) is 11.5 Å². The van der Waals surface area contributed by atoms with Gasteiger partial charge in [-0.25, -0.2) is 0 Å². The van der Waals surface area contributed by atoms with E-state index >= 15 is 0 Å². The molecule has 0 bridgehead atoms. The highest BCUT2D eigenvalue weighted by Crippen LogP contribution is 1.88. The van der Waals surface area contributed by atoms with E-state index < -0.39 is 11.9 Å². The predicted molar refractivity (Wildman–Crippen MR) is 73.4 cm³/mol. The number of hydrogen-bond acceptors (Lipinski definition) is 6. The van der Waals surface area contributed by atoms with Crippen molar-refractivity contribution in [2.75, 3.05) is 13.2 Å². The first-order chi connectivity index (χ1) is 9.28. The van der Waals surface area contributed by atoms with Crippen LogP contribution in [0.1, 0.15) is 13.8 Å². The summed E-state index contributed by atoms with van der Waals surface area (Å²) in [5.41, 5.74) is 1.90. The first-order valence-electron chi connectivity index (χ1n) is 5.62. The molecule has 0 amide bonds. The number of carbonyl (C=O) groups excluding carboxylic acids is 2. The van der Waals surface area contributed by atoms with Gasteiger partial charge in [0.1, 0.15) is 23.5 Å². The molecule has 0 heterocycles. The van der Waals surface area contributed by atoms with Crippen molar-refractivity contribution in [3.63, 3.8) is 0 Å². The maximum Gasteiger partial charge on any atom is 0.942 e. The van der Waals surface area contributed by atoms with E-state index in [4.69, 9.17) is 0 Å². The van der Waals surface area contributed by atoms with Gasteiger partial charge in [-0.3, -0.25) is 0 Å². The normalized spacial score (nSPS) is 7.35. The monoisotopic (exact) mass is 300 g/mol. The lowest BCUT2D eigenvalue weighted by Crippen LogP contribution is -2.25. The van der Waals surface area contributed by atoms with Crippen molar-refractivity contribution >= 4 is 21.5 Å². The average molecular weight is 300 g/mol. The molecule has 0 aliphatic heterocycles. The minimum absolute atomic E-state index is 0.312. The Labute approximate surface area is 122 Å². The predicted octanol–water partition coefficient (Wildman–Crippen LogP) is -0.545. The summed E-state index contributed by atoms with van der Waals surface area (Å²) >= 11 is 0. The average Bonchev–Trinajstić information content (AvgIpc) is 2.40. The molecular weight excluding hydrogens is 280 g/mol. The van der Waals surface area contributed by atoms with Gasteiger partial charge in [0, 0.05) is 0 Å². The Kier molecular flexibility index (Phi) is 19.6. The van der Waals surface area contributed by atoms with Crippen molar-refractivity contribution in [2.45, 2.75) is 20.4 Å². The molecule has 0 saturated heterocycles. The molecule has 0 saturated carbocycles. The van der Waals surface area contributed by atoms with Crippen molar-refractivity contribution in [1.82, 2.24) is 0 Å². The summed E-state index contributed by atoms with van der Waals surface area (Å²) in [6, 6.07) is 0. The van der Waals surface area contributed by atoms with Gasteiger partial charge < -0.3 is 29.3 Å². The minimum Gasteiger partial charge on any atom is -0.542 e. The quantitative estimate of drug-likeness (QED) is 0.355. The van der Waals surface area contributed by atoms with Crippen LogP contribution in [0.3, 0.4) is 0 Å². The maximum absolute atomic E-state index is 9.75. The Morgan fingerprint density at radius 1 is 1.05 bits per heavy atom. The van der Waals surface area contributed by atoms with Gasteiger partial charge in [-0.15, -0.1) is 0 Å². The van der Waals surface area contributed by atoms with Gasteiger partial charge in [-0.05, 0) is 20.4 Å². The number of rotatable bonds is 7. The van der Waals surface area contributed by atoms with Crippen LogP contribution in [0, 0.1) is 0 Å². The fourth-order valence-electron chi connectivity index (χ4n) is 0.466. The number of ether oxygens (including phenoxy) is 2. The van der Waals surface area contributed by atoms with Gasteiger partial charge in [0.2, 0.25) is 6.55 Å². The van der Waals surface area contributed by atoms with E-state index in [1.807, 2.05) is 5.70 Å². The van der Waals surface area contributed by atoms with E-state index in [0.717, 1.165) is 9.52 Å². The highest BCUT2D eigenvalue weighted by Gasteiger charge is 2.10. The van der Waals surface area contributed by atoms with Crippen LogP contribution in [0.2, 0.25) is 6.55 Å². The first-order valence-corrected chi connectivity index (χ1v) is 7.20. The summed E-state index contributed by atoms with van der Waals surface area (Å²) in [6.07, 6.45) is 0. The van der Waals surface area contributed by atoms with E-state index in [0.29, 0.717) is 13.2 Å². The summed E-state index contributed by atoms with van der Waals surface area (Å²) in [7, 11) is 0.904. The molecule has 6 nitrogen and oxygen atoms in total. The number of carbonyl (C=O) groups is 2. The number of hydrogen-bond donors (Lipinski definition) is 0. The zero-order valence-corrected chi connectivity index (χ0v) is 13.1. The molecule has 0 aliphatic rings. The topological polar surface area (TPSA) is 98.7 Å². The van der Waals surface area contributed by atoms with E-state index in [2.05, 4.69) is 35.8 Å². The number of carboxylic acids is 2. The molecule has 0 unspecified atom stereocenters. The highest BCUT2D eigenvalue weighted by molar-refractivity contribution is 6.39. The fourth-order valence-corrected chi connectivity index (χ4v) is 0.466. The van der Waals surface area contributed by atoms with Gasteiger partial charge in [0.15, 0.2) is 0 Å². The summed E-state index contributed by atoms with van der Waals surface area (Å²) in [4.78, 5) is 19.5. The molecule has 112 valence electrons. The van der Waals surface area contributed by atoms with Crippen molar-refractivity contribution in [3.05, 3.63) is 37.0 Å². The smallest absolute Gasteiger partial charge is 0.542 e. The summed E-state index contributed by atoms with van der Waals surface area (Å²) in [5, 5.41) is 19.5. The van der Waals surface area contributed by atoms with E-state index in [9.17, 15) is 19.8 Å². The zero-order chi connectivity index (χ0) is 16.6. The Balaban J connectivity index is -0.000000230. The Morgan fingerprint density at radius 3 is 1.35 bits per heavy atom. The standard InChI is InChI=1S/2C5H8O3.C3H6Si/c2*1-3-8-4(2)5(6)7;1-3-4-2/h2*2-3H2,1H3,(H,6,7);3H,1H2,2H3/q;;+2/p-2. The first kappa shape index (κ1) is 23.1. The molecule has 0 N–H and O–H groups in total. The second-order valence-electron chi connectivity index (χ2n) is 2.78. The van der Waals surface area contributed by atoms with Crippen LogP contribution in [0.15, 0.2) is 37.0 Å². The summed E-state index contributed by atoms with van der Waals surface area (Å²) in [6.45, 7) is 15.7. The molecule has 0 atom stereocenters. The Bertz CT molecular complexity index is 297. The lowest BCUT2D eigenvalue weighted by molar-refractivity contribution is -0.304. The lowest BCUT2D eigenvalue weighted by Gasteiger charge is -2.04. The van der Waals surface area contributed by atoms with Crippen LogP contribution in [0.5, 0.6) is 0 Å². The fraction of sp³-hybridized carbons (Fsp3) is 0.385. The SMILES string of the molecule is C=C(OCC)C(=O)[O-].C=C(OCC)C(=O)[O-].C=C[Si+2]C. The molecular formula is C13H20O6Si. The second kappa shape index (κ2) is 17.0. The van der Waals surface area contributed by atoms with Crippen LogP contribution in [0.4, 0.5) is 0 Å². The van der Waals surface area contributed by atoms with Crippen LogP contribution in [-0.2, 0) is 19.1 Å². The third kappa shape index (κ3) is 21.3. The Hall–Kier alpha value is -2.02. The second-order valence-corrected chi connectivity index (χ2v) is 3.77. The van der Waals surface area contributed by atoms with Crippen molar-refractivity contribution in [1.29, 1.82) is 0 Å². The van der Waals surface area contributed by atoms with Crippen LogP contribution < -0.4 is 10.2 Å². The van der Waals surface area contributed by atoms with Crippen LogP contribution in [-0.4, -0.2) is 34.7 Å². The van der Waals surface area contributed by atoms with E-state index in [1.54, 1.807) is 13.8 Å². The molecule has 0 aromatic carbocycles. The van der Waals surface area contributed by atoms with Gasteiger partial charge in [0.05, 0.1) is 13.2 Å². The summed E-state index contributed by atoms with van der Waals surface area (Å²) < 4.78 is 8.89. The Morgan fingerprint density at radius 2 is 1.30 bits per heavy atom. The highest BCUT2D eigenvalue weighted by atomic mass is 28.2. The molecule has 0 aromatic heterocycles. The van der Waals surface area contributed by atoms with Crippen LogP contribution in [0.25, 0.3) is 0 Å². The van der Waals surface area contributed by atoms with Gasteiger partial charge in [0.25, 0.3) is 5.70 Å². The molecule has 7 heteroatoms. The molecule has 0 aliphatic carbocycles. The molecule has 0 spiro atoms. The molecule has 0 aromatic rings. The molecule has 20 heavy (non-hydrogen) atoms. The third-order valence-electron chi connectivity index (χ3n) is 1.30. The third-order valence-corrected chi connectivity index (χ3v) is 1.70. The van der Waals surface area contributed by atoms with Gasteiger partial charge >= 0.3 is 9.52 Å². The number of aliphatic carboxylic acids is 2. The van der Waals surface area contributed by atoms with E-state index in [1.165, 1.54) is 0 Å². The van der Waals surface area contributed by atoms with Crippen molar-refractivity contribution in [3.8, 4) is 0 Å². The van der Waals surface area contributed by atoms with Gasteiger partial charge in [-0.2, -0.15) is 0 Å². The van der Waals surface area contributed by atoms with Crippen LogP contribution >= 0.6 is 0 Å². The zero-order valence-electron chi connectivity index (χ0n) is 12.1. The van der Waals surface area contributed by atoms with Gasteiger partial charge in [-0.1, -0.05) is 13.2 Å². The van der Waals surface area contributed by atoms with Crippen molar-refractivity contribution in [2.24, 2.45) is 0 Å².